The second-order valence-corrected chi connectivity index (χ2v) is 8.34. The highest BCUT2D eigenvalue weighted by Crippen LogP contribution is 2.30. The number of unbranched alkanes of at least 4 members (excludes halogenated alkanes) is 1. The fraction of sp³-hybridized carbons (Fsp3) is 0.625. The lowest BCUT2D eigenvalue weighted by Crippen LogP contribution is -2.32. The molecule has 1 heterocycles. The molecule has 0 amide bonds. The minimum atomic E-state index is -0.700. The number of benzene rings is 1. The van der Waals surface area contributed by atoms with Gasteiger partial charge in [-0.3, -0.25) is 4.79 Å². The molecule has 2 N–H and O–H groups in total. The summed E-state index contributed by atoms with van der Waals surface area (Å²) in [6, 6.07) is 8.96. The Labute approximate surface area is 169 Å². The molecule has 4 heteroatoms. The van der Waals surface area contributed by atoms with Crippen molar-refractivity contribution in [2.45, 2.75) is 83.3 Å². The number of aliphatic carboxylic acids is 1. The van der Waals surface area contributed by atoms with Crippen molar-refractivity contribution in [1.82, 2.24) is 5.32 Å². The molecule has 1 unspecified atom stereocenters. The molecule has 1 saturated carbocycles. The Morgan fingerprint density at radius 2 is 1.89 bits per heavy atom. The van der Waals surface area contributed by atoms with Gasteiger partial charge < -0.3 is 15.2 Å². The molecule has 0 saturated heterocycles. The molecule has 0 bridgehead atoms. The van der Waals surface area contributed by atoms with Crippen LogP contribution in [-0.4, -0.2) is 29.8 Å². The molecule has 28 heavy (non-hydrogen) atoms. The molecular weight excluding hydrogens is 350 g/mol. The second-order valence-electron chi connectivity index (χ2n) is 8.34. The Kier molecular flexibility index (Phi) is 7.96. The second kappa shape index (κ2) is 10.7. The van der Waals surface area contributed by atoms with Crippen LogP contribution in [0.15, 0.2) is 30.3 Å². The first-order valence-corrected chi connectivity index (χ1v) is 11.1. The summed E-state index contributed by atoms with van der Waals surface area (Å²) in [5, 5.41) is 12.3. The summed E-state index contributed by atoms with van der Waals surface area (Å²) in [6.45, 7) is 3.27. The molecule has 1 aromatic rings. The van der Waals surface area contributed by atoms with Crippen LogP contribution < -0.4 is 10.1 Å². The molecule has 1 aromatic carbocycles. The average molecular weight is 386 g/mol. The van der Waals surface area contributed by atoms with E-state index in [0.717, 1.165) is 43.9 Å². The third kappa shape index (κ3) is 6.37. The molecule has 1 aliphatic carbocycles. The number of hydrogen-bond donors (Lipinski definition) is 2. The van der Waals surface area contributed by atoms with Crippen molar-refractivity contribution in [3.63, 3.8) is 0 Å². The number of rotatable bonds is 9. The monoisotopic (exact) mass is 385 g/mol. The van der Waals surface area contributed by atoms with Gasteiger partial charge in [0, 0.05) is 12.5 Å². The minimum Gasteiger partial charge on any atom is -0.490 e. The van der Waals surface area contributed by atoms with Gasteiger partial charge >= 0.3 is 5.97 Å². The third-order valence-corrected chi connectivity index (χ3v) is 6.26. The number of carboxylic acids is 1. The summed E-state index contributed by atoms with van der Waals surface area (Å²) >= 11 is 0. The maximum absolute atomic E-state index is 10.6. The number of carboxylic acid groups (broad SMARTS) is 1. The maximum Gasteiger partial charge on any atom is 0.303 e. The van der Waals surface area contributed by atoms with Crippen LogP contribution in [-0.2, 0) is 4.79 Å². The molecule has 3 rings (SSSR count). The van der Waals surface area contributed by atoms with Crippen LogP contribution >= 0.6 is 0 Å². The van der Waals surface area contributed by atoms with Crippen molar-refractivity contribution in [3.05, 3.63) is 35.9 Å². The predicted molar refractivity (Wildman–Crippen MR) is 114 cm³/mol. The van der Waals surface area contributed by atoms with Crippen LogP contribution in [0.25, 0.3) is 5.57 Å². The van der Waals surface area contributed by atoms with E-state index < -0.39 is 5.97 Å². The van der Waals surface area contributed by atoms with Crippen molar-refractivity contribution in [3.8, 4) is 5.75 Å². The lowest BCUT2D eigenvalue weighted by Gasteiger charge is -2.28. The Hall–Kier alpha value is -1.81. The Bertz CT molecular complexity index is 644. The van der Waals surface area contributed by atoms with E-state index in [1.807, 2.05) is 0 Å². The van der Waals surface area contributed by atoms with Crippen LogP contribution in [0, 0.1) is 5.92 Å². The van der Waals surface area contributed by atoms with Gasteiger partial charge in [-0.2, -0.15) is 0 Å². The fourth-order valence-electron chi connectivity index (χ4n) is 4.44. The highest BCUT2D eigenvalue weighted by Gasteiger charge is 2.21. The fourth-order valence-corrected chi connectivity index (χ4v) is 4.44. The first kappa shape index (κ1) is 20.9. The molecule has 4 nitrogen and oxygen atoms in total. The summed E-state index contributed by atoms with van der Waals surface area (Å²) in [5.74, 6) is 1.18. The van der Waals surface area contributed by atoms with Crippen LogP contribution in [0.4, 0.5) is 0 Å². The van der Waals surface area contributed by atoms with Crippen LogP contribution in [0.1, 0.15) is 76.7 Å². The summed E-state index contributed by atoms with van der Waals surface area (Å²) in [7, 11) is 0. The van der Waals surface area contributed by atoms with E-state index in [2.05, 4.69) is 42.6 Å². The van der Waals surface area contributed by atoms with Gasteiger partial charge in [0.15, 0.2) is 0 Å². The van der Waals surface area contributed by atoms with E-state index in [1.165, 1.54) is 43.2 Å². The lowest BCUT2D eigenvalue weighted by molar-refractivity contribution is -0.137. The van der Waals surface area contributed by atoms with Gasteiger partial charge in [-0.15, -0.1) is 0 Å². The maximum atomic E-state index is 10.6. The largest absolute Gasteiger partial charge is 0.490 e. The molecule has 154 valence electrons. The molecule has 1 fully saturated rings. The van der Waals surface area contributed by atoms with Crippen molar-refractivity contribution >= 4 is 11.5 Å². The zero-order chi connectivity index (χ0) is 19.8. The predicted octanol–water partition coefficient (Wildman–Crippen LogP) is 5.42. The summed E-state index contributed by atoms with van der Waals surface area (Å²) in [5.41, 5.74) is 2.66. The van der Waals surface area contributed by atoms with Gasteiger partial charge in [0.25, 0.3) is 0 Å². The Morgan fingerprint density at radius 1 is 1.14 bits per heavy atom. The highest BCUT2D eigenvalue weighted by atomic mass is 16.5. The first-order valence-electron chi connectivity index (χ1n) is 11.1. The van der Waals surface area contributed by atoms with E-state index in [4.69, 9.17) is 9.84 Å². The van der Waals surface area contributed by atoms with Gasteiger partial charge in [-0.1, -0.05) is 38.0 Å². The zero-order valence-corrected chi connectivity index (χ0v) is 17.2. The number of nitrogens with one attached hydrogen (secondary N) is 1. The average Bonchev–Trinajstić information content (AvgIpc) is 2.72. The zero-order valence-electron chi connectivity index (χ0n) is 17.2. The minimum absolute atomic E-state index is 0.269. The molecule has 0 spiro atoms. The smallest absolute Gasteiger partial charge is 0.303 e. The topological polar surface area (TPSA) is 58.6 Å². The molecule has 1 atom stereocenters. The molecule has 0 aromatic heterocycles. The van der Waals surface area contributed by atoms with Crippen molar-refractivity contribution in [1.29, 1.82) is 0 Å². The number of hydrogen-bond acceptors (Lipinski definition) is 3. The number of ether oxygens (including phenoxy) is 1. The van der Waals surface area contributed by atoms with Gasteiger partial charge in [0.05, 0.1) is 6.10 Å². The quantitative estimate of drug-likeness (QED) is 0.557. The van der Waals surface area contributed by atoms with E-state index in [0.29, 0.717) is 12.1 Å². The normalized spacial score (nSPS) is 25.2. The van der Waals surface area contributed by atoms with Gasteiger partial charge in [-0.05, 0) is 80.7 Å². The molecule has 2 aliphatic rings. The van der Waals surface area contributed by atoms with E-state index in [1.54, 1.807) is 0 Å². The summed E-state index contributed by atoms with van der Waals surface area (Å²) in [4.78, 5) is 10.6. The first-order chi connectivity index (χ1) is 13.6. The Balaban J connectivity index is 1.50. The molecule has 0 radical (unpaired) electrons. The van der Waals surface area contributed by atoms with Crippen LogP contribution in [0.5, 0.6) is 5.75 Å². The van der Waals surface area contributed by atoms with Gasteiger partial charge in [0.2, 0.25) is 0 Å². The summed E-state index contributed by atoms with van der Waals surface area (Å²) < 4.78 is 6.22. The third-order valence-electron chi connectivity index (χ3n) is 6.26. The van der Waals surface area contributed by atoms with Crippen LogP contribution in [0.3, 0.4) is 0 Å². The van der Waals surface area contributed by atoms with Gasteiger partial charge in [0.1, 0.15) is 5.75 Å². The standard InChI is InChI=1S/C24H35NO3/c1-2-18-7-11-22(12-8-18)28-23-13-9-19(10-14-23)20-15-16-25-21(17-20)5-3-4-6-24(26)27/h9-10,13-14,17-18,21-22,25H,2-8,11-12,15-16H2,1H3,(H,26,27). The van der Waals surface area contributed by atoms with E-state index in [9.17, 15) is 4.79 Å². The summed E-state index contributed by atoms with van der Waals surface area (Å²) in [6.07, 6.45) is 13.0. The highest BCUT2D eigenvalue weighted by molar-refractivity contribution is 5.67. The van der Waals surface area contributed by atoms with Crippen LogP contribution in [0.2, 0.25) is 0 Å². The van der Waals surface area contributed by atoms with Crippen molar-refractivity contribution in [2.24, 2.45) is 5.92 Å². The number of carbonyl (C=O) groups is 1. The lowest BCUT2D eigenvalue weighted by atomic mass is 9.86. The molecule has 1 aliphatic heterocycles. The van der Waals surface area contributed by atoms with Gasteiger partial charge in [-0.25, -0.2) is 0 Å². The molecular formula is C24H35NO3. The Morgan fingerprint density at radius 3 is 2.57 bits per heavy atom. The van der Waals surface area contributed by atoms with Crippen molar-refractivity contribution in [2.75, 3.05) is 6.54 Å². The van der Waals surface area contributed by atoms with E-state index >= 15 is 0 Å². The van der Waals surface area contributed by atoms with Crippen molar-refractivity contribution < 1.29 is 14.6 Å². The van der Waals surface area contributed by atoms with E-state index in [-0.39, 0.29) is 6.42 Å². The SMILES string of the molecule is CCC1CCC(Oc2ccc(C3=CC(CCCCC(=O)O)NCC3)cc2)CC1.